The lowest BCUT2D eigenvalue weighted by Gasteiger charge is -2.31. The van der Waals surface area contributed by atoms with Gasteiger partial charge in [-0.3, -0.25) is 0 Å². The van der Waals surface area contributed by atoms with Crippen LogP contribution in [0.2, 0.25) is 0 Å². The van der Waals surface area contributed by atoms with Crippen molar-refractivity contribution in [2.75, 3.05) is 24.8 Å². The quantitative estimate of drug-likeness (QED) is 0.0155. The van der Waals surface area contributed by atoms with Crippen molar-refractivity contribution in [1.82, 2.24) is 5.43 Å². The zero-order chi connectivity index (χ0) is 40.1. The van der Waals surface area contributed by atoms with Crippen LogP contribution in [-0.2, 0) is 19.1 Å². The first kappa shape index (κ1) is 47.7. The molecule has 0 saturated heterocycles. The molecule has 0 amide bonds. The van der Waals surface area contributed by atoms with Crippen molar-refractivity contribution in [3.8, 4) is 11.5 Å². The maximum atomic E-state index is 11.0. The Morgan fingerprint density at radius 3 is 1.94 bits per heavy atom. The van der Waals surface area contributed by atoms with Crippen LogP contribution in [0.15, 0.2) is 84.3 Å². The predicted octanol–water partition coefficient (Wildman–Crippen LogP) is 10.2. The highest BCUT2D eigenvalue weighted by atomic mass is 32.1. The second-order valence-corrected chi connectivity index (χ2v) is 14.1. The van der Waals surface area contributed by atoms with Gasteiger partial charge in [-0.25, -0.2) is 10.2 Å². The van der Waals surface area contributed by atoms with E-state index in [2.05, 4.69) is 62.1 Å². The summed E-state index contributed by atoms with van der Waals surface area (Å²) in [5, 5.41) is 17.3. The van der Waals surface area contributed by atoms with Crippen LogP contribution in [0.1, 0.15) is 120 Å². The maximum Gasteiger partial charge on any atom is 0.330 e. The van der Waals surface area contributed by atoms with Crippen molar-refractivity contribution in [2.45, 2.75) is 114 Å². The molecule has 2 aliphatic carbocycles. The zero-order valence-corrected chi connectivity index (χ0v) is 33.6. The monoisotopic (exact) mass is 763 g/mol. The van der Waals surface area contributed by atoms with Gasteiger partial charge in [0.15, 0.2) is 0 Å². The molecule has 0 heterocycles. The van der Waals surface area contributed by atoms with Crippen LogP contribution >= 0.6 is 12.6 Å². The number of para-hydroxylation sites is 1. The minimum absolute atomic E-state index is 0.169. The van der Waals surface area contributed by atoms with Crippen LogP contribution in [-0.4, -0.2) is 42.9 Å². The van der Waals surface area contributed by atoms with Gasteiger partial charge in [0.2, 0.25) is 0 Å². The molecular weight excluding hydrogens is 699 g/mol. The van der Waals surface area contributed by atoms with Crippen molar-refractivity contribution in [3.05, 3.63) is 90.5 Å². The number of esters is 1. The molecule has 9 nitrogen and oxygen atoms in total. The molecule has 0 unspecified atom stereocenters. The number of thiol groups is 1. The van der Waals surface area contributed by atoms with E-state index in [1.165, 1.54) is 85.7 Å². The molecular formula is C44H65N3O6S. The van der Waals surface area contributed by atoms with Gasteiger partial charge in [-0.05, 0) is 129 Å². The molecule has 6 N–H and O–H groups in total. The Bertz CT molecular complexity index is 1410. The van der Waals surface area contributed by atoms with Crippen molar-refractivity contribution in [1.29, 1.82) is 0 Å². The number of hydrogen-bond donors (Lipinski definition) is 6. The van der Waals surface area contributed by atoms with E-state index in [4.69, 9.17) is 25.5 Å². The van der Waals surface area contributed by atoms with E-state index in [0.717, 1.165) is 73.7 Å². The molecule has 0 aromatic heterocycles. The number of nitrogens with one attached hydrogen (secondary N) is 2. The lowest BCUT2D eigenvalue weighted by atomic mass is 9.75. The van der Waals surface area contributed by atoms with Gasteiger partial charge in [-0.15, -0.1) is 12.6 Å². The number of anilines is 2. The van der Waals surface area contributed by atoms with Gasteiger partial charge >= 0.3 is 5.97 Å². The van der Waals surface area contributed by atoms with Crippen molar-refractivity contribution >= 4 is 43.0 Å². The average Bonchev–Trinajstić information content (AvgIpc) is 3.21. The summed E-state index contributed by atoms with van der Waals surface area (Å²) in [5.74, 6) is 2.56. The Morgan fingerprint density at radius 1 is 0.870 bits per heavy atom. The zero-order valence-electron chi connectivity index (χ0n) is 32.7. The summed E-state index contributed by atoms with van der Waals surface area (Å²) in [6, 6.07) is 20.3. The minimum Gasteiger partial charge on any atom is -0.508 e. The lowest BCUT2D eigenvalue weighted by molar-refractivity contribution is -0.137. The van der Waals surface area contributed by atoms with Crippen molar-refractivity contribution < 1.29 is 29.3 Å². The number of aromatic hydroxyl groups is 2. The van der Waals surface area contributed by atoms with Gasteiger partial charge in [-0.2, -0.15) is 0 Å². The number of phenols is 2. The summed E-state index contributed by atoms with van der Waals surface area (Å²) in [6.07, 6.45) is 18.1. The topological polar surface area (TPSA) is 151 Å². The molecule has 0 radical (unpaired) electrons. The van der Waals surface area contributed by atoms with Crippen LogP contribution in [0.25, 0.3) is 0 Å². The Hall–Kier alpha value is -4.28. The molecule has 3 aromatic rings. The fourth-order valence-electron chi connectivity index (χ4n) is 6.71. The Labute approximate surface area is 329 Å². The third-order valence-electron chi connectivity index (χ3n) is 9.70. The average molecular weight is 764 g/mol. The van der Waals surface area contributed by atoms with E-state index >= 15 is 0 Å². The number of nitrogens with two attached hydrogens (primary N) is 1. The number of unbranched alkanes of at least 4 members (excludes halogenated alkanes) is 2. The summed E-state index contributed by atoms with van der Waals surface area (Å²) in [4.78, 5) is 30.3. The number of hydrogen-bond acceptors (Lipinski definition) is 10. The number of hydrazine groups is 1. The van der Waals surface area contributed by atoms with Crippen LogP contribution in [0.3, 0.4) is 0 Å². The van der Waals surface area contributed by atoms with Gasteiger partial charge in [0.05, 0.1) is 12.3 Å². The Kier molecular flexibility index (Phi) is 25.7. The van der Waals surface area contributed by atoms with E-state index in [-0.39, 0.29) is 23.4 Å². The summed E-state index contributed by atoms with van der Waals surface area (Å²) >= 11 is 4.07. The predicted molar refractivity (Wildman–Crippen MR) is 225 cm³/mol. The fraction of sp³-hybridized carbons (Fsp3) is 0.477. The first-order chi connectivity index (χ1) is 26.1. The van der Waals surface area contributed by atoms with Crippen molar-refractivity contribution in [2.24, 2.45) is 11.8 Å². The second-order valence-electron chi connectivity index (χ2n) is 13.6. The Morgan fingerprint density at radius 2 is 1.46 bits per heavy atom. The molecule has 2 aliphatic rings. The van der Waals surface area contributed by atoms with Gasteiger partial charge in [0, 0.05) is 29.6 Å². The Balaban J connectivity index is 0.000000424. The van der Waals surface area contributed by atoms with E-state index < -0.39 is 0 Å². The van der Waals surface area contributed by atoms with Crippen molar-refractivity contribution in [3.63, 3.8) is 0 Å². The van der Waals surface area contributed by atoms with Gasteiger partial charge < -0.3 is 35.7 Å². The highest BCUT2D eigenvalue weighted by Gasteiger charge is 2.26. The molecule has 54 heavy (non-hydrogen) atoms. The number of carbonyl (C=O) groups is 3. The lowest BCUT2D eigenvalue weighted by Crippen LogP contribution is -2.20. The molecule has 2 saturated carbocycles. The third kappa shape index (κ3) is 19.2. The van der Waals surface area contributed by atoms with Gasteiger partial charge in [0.25, 0.3) is 0 Å². The molecule has 0 spiro atoms. The van der Waals surface area contributed by atoms with Crippen LogP contribution in [0.5, 0.6) is 11.5 Å². The van der Waals surface area contributed by atoms with E-state index in [1.807, 2.05) is 38.1 Å². The molecule has 5 rings (SSSR count). The number of benzene rings is 3. The number of phenolic OH excluding ortho intramolecular Hbond substituents is 2. The van der Waals surface area contributed by atoms with Gasteiger partial charge in [0.1, 0.15) is 24.6 Å². The molecule has 2 fully saturated rings. The fourth-order valence-corrected chi connectivity index (χ4v) is 6.87. The first-order valence-corrected chi connectivity index (χ1v) is 19.7. The summed E-state index contributed by atoms with van der Waals surface area (Å²) in [5.41, 5.74) is 16.9. The van der Waals surface area contributed by atoms with Gasteiger partial charge in [-0.1, -0.05) is 70.4 Å². The first-order valence-electron chi connectivity index (χ1n) is 19.3. The largest absolute Gasteiger partial charge is 0.508 e. The number of nitrogen functional groups attached to an aromatic ring is 1. The normalized spacial score (nSPS) is 18.5. The highest BCUT2D eigenvalue weighted by molar-refractivity contribution is 7.80. The molecule has 3 aromatic carbocycles. The number of carbonyl (C=O) groups excluding carboxylic acids is 3. The smallest absolute Gasteiger partial charge is 0.330 e. The highest BCUT2D eigenvalue weighted by Crippen LogP contribution is 2.42. The second kappa shape index (κ2) is 29.1. The van der Waals surface area contributed by atoms with E-state index in [1.54, 1.807) is 0 Å². The van der Waals surface area contributed by atoms with E-state index in [0.29, 0.717) is 12.5 Å². The number of ether oxygens (including phenoxy) is 1. The van der Waals surface area contributed by atoms with Crippen LogP contribution < -0.4 is 16.6 Å². The molecule has 298 valence electrons. The molecule has 0 atom stereocenters. The molecule has 0 bridgehead atoms. The summed E-state index contributed by atoms with van der Waals surface area (Å²) < 4.78 is 4.74. The SMILES string of the molecule is C=CC(=O)OCCCCC.C=O.CCCC1CCC(c2ccc(C3CCC(C=O)CC3)c(NNC)c2)CC1.Nc1ccccc1S.Oc1ccc(O)cc1. The molecule has 0 aliphatic heterocycles. The van der Waals surface area contributed by atoms with Crippen LogP contribution in [0.4, 0.5) is 11.4 Å². The minimum atomic E-state index is -0.323. The number of aldehydes is 1. The van der Waals surface area contributed by atoms with E-state index in [9.17, 15) is 9.59 Å². The number of rotatable bonds is 12. The molecule has 10 heteroatoms. The summed E-state index contributed by atoms with van der Waals surface area (Å²) in [6.45, 7) is 10.2. The standard InChI is InChI=1S/C23H36N2O.C8H14O2.C6H7NS.C6H6O2.CH2O/c1-3-4-17-5-9-19(10-6-17)21-13-14-22(23(15-21)25-24-2)20-11-7-18(16-26)8-12-20;1-3-5-6-7-10-8(9)4-2;7-5-3-1-2-4-6(5)8;7-5-1-2-6(8)4-3-5;1-2/h13-20,24-25H,3-12H2,1-2H3;4H,2-3,5-7H2,1H3;1-4,8H,7H2;1-4,7-8H;1H2. The summed E-state index contributed by atoms with van der Waals surface area (Å²) in [7, 11) is 1.94. The third-order valence-corrected chi connectivity index (χ3v) is 10.1. The maximum absolute atomic E-state index is 11.0. The van der Waals surface area contributed by atoms with Crippen LogP contribution in [0, 0.1) is 11.8 Å².